The van der Waals surface area contributed by atoms with Crippen LogP contribution in [0, 0.1) is 6.92 Å². The Balaban J connectivity index is 1.88. The molecule has 2 aromatic carbocycles. The van der Waals surface area contributed by atoms with E-state index < -0.39 is 0 Å². The number of nitrogens with zero attached hydrogens (tertiary/aromatic N) is 1. The van der Waals surface area contributed by atoms with Gasteiger partial charge >= 0.3 is 0 Å². The van der Waals surface area contributed by atoms with Gasteiger partial charge in [0.05, 0.1) is 25.7 Å². The number of amides is 2. The topological polar surface area (TPSA) is 55.8 Å². The number of benzene rings is 2. The van der Waals surface area contributed by atoms with E-state index in [0.29, 0.717) is 22.0 Å². The number of imide groups is 1. The Hall–Kier alpha value is -2.73. The van der Waals surface area contributed by atoms with Crippen LogP contribution in [0.15, 0.2) is 47.4 Å². The number of methoxy groups -OCH3 is 2. The number of hydrogen-bond acceptors (Lipinski definition) is 5. The van der Waals surface area contributed by atoms with Crippen LogP contribution in [0.2, 0.25) is 0 Å². The molecule has 3 rings (SSSR count). The molecule has 0 aromatic heterocycles. The average molecular weight is 369 g/mol. The molecule has 0 spiro atoms. The van der Waals surface area contributed by atoms with Crippen molar-refractivity contribution in [2.24, 2.45) is 0 Å². The van der Waals surface area contributed by atoms with Crippen molar-refractivity contribution in [2.75, 3.05) is 14.2 Å². The van der Waals surface area contributed by atoms with Gasteiger partial charge in [-0.2, -0.15) is 0 Å². The maximum atomic E-state index is 12.7. The lowest BCUT2D eigenvalue weighted by atomic mass is 10.1. The summed E-state index contributed by atoms with van der Waals surface area (Å²) in [6.45, 7) is 2.24. The zero-order chi connectivity index (χ0) is 18.7. The van der Waals surface area contributed by atoms with Gasteiger partial charge < -0.3 is 9.47 Å². The van der Waals surface area contributed by atoms with E-state index in [1.165, 1.54) is 4.90 Å². The summed E-state index contributed by atoms with van der Waals surface area (Å²) in [6, 6.07) is 13.2. The number of aryl methyl sites for hydroxylation is 1. The van der Waals surface area contributed by atoms with E-state index in [1.807, 2.05) is 43.3 Å². The summed E-state index contributed by atoms with van der Waals surface area (Å²) >= 11 is 0.935. The van der Waals surface area contributed by atoms with Crippen LogP contribution in [0.5, 0.6) is 11.5 Å². The molecule has 0 saturated carbocycles. The summed E-state index contributed by atoms with van der Waals surface area (Å²) in [5, 5.41) is -0.274. The van der Waals surface area contributed by atoms with E-state index in [9.17, 15) is 9.59 Å². The molecule has 0 unspecified atom stereocenters. The zero-order valence-electron chi connectivity index (χ0n) is 14.8. The van der Waals surface area contributed by atoms with Gasteiger partial charge in [0.1, 0.15) is 0 Å². The molecule has 26 heavy (non-hydrogen) atoms. The maximum absolute atomic E-state index is 12.7. The summed E-state index contributed by atoms with van der Waals surface area (Å²) in [5.41, 5.74) is 2.70. The van der Waals surface area contributed by atoms with Crippen molar-refractivity contribution in [2.45, 2.75) is 13.5 Å². The van der Waals surface area contributed by atoms with Crippen molar-refractivity contribution in [3.05, 3.63) is 64.1 Å². The Morgan fingerprint density at radius 1 is 1.08 bits per heavy atom. The molecule has 2 aromatic rings. The molecule has 0 atom stereocenters. The van der Waals surface area contributed by atoms with Gasteiger partial charge in [0.15, 0.2) is 11.5 Å². The Bertz CT molecular complexity index is 891. The van der Waals surface area contributed by atoms with Crippen LogP contribution in [0.3, 0.4) is 0 Å². The first-order valence-corrected chi connectivity index (χ1v) is 8.87. The molecule has 5 nitrogen and oxygen atoms in total. The van der Waals surface area contributed by atoms with Gasteiger partial charge in [-0.25, -0.2) is 0 Å². The highest BCUT2D eigenvalue weighted by atomic mass is 32.2. The highest BCUT2D eigenvalue weighted by Crippen LogP contribution is 2.37. The van der Waals surface area contributed by atoms with Gasteiger partial charge in [-0.05, 0) is 36.4 Å². The van der Waals surface area contributed by atoms with Crippen LogP contribution < -0.4 is 9.47 Å². The fourth-order valence-corrected chi connectivity index (χ4v) is 3.63. The lowest BCUT2D eigenvalue weighted by molar-refractivity contribution is -0.123. The minimum absolute atomic E-state index is 0.263. The molecule has 6 heteroatoms. The Morgan fingerprint density at radius 3 is 2.54 bits per heavy atom. The van der Waals surface area contributed by atoms with Crippen molar-refractivity contribution in [3.63, 3.8) is 0 Å². The lowest BCUT2D eigenvalue weighted by Gasteiger charge is -2.13. The monoisotopic (exact) mass is 369 g/mol. The molecule has 0 bridgehead atoms. The first-order valence-electron chi connectivity index (χ1n) is 8.05. The second-order valence-electron chi connectivity index (χ2n) is 5.84. The molecule has 1 fully saturated rings. The molecule has 1 heterocycles. The fourth-order valence-electron chi connectivity index (χ4n) is 2.80. The normalized spacial score (nSPS) is 15.7. The SMILES string of the molecule is COc1cccc(/C=C2/SC(=O)N(Cc3cccc(C)c3)C2=O)c1OC. The highest BCUT2D eigenvalue weighted by Gasteiger charge is 2.35. The Kier molecular flexibility index (Phi) is 5.32. The third kappa shape index (κ3) is 3.60. The number of rotatable bonds is 5. The molecular weight excluding hydrogens is 350 g/mol. The first-order chi connectivity index (χ1) is 12.5. The first kappa shape index (κ1) is 18.1. The van der Waals surface area contributed by atoms with E-state index in [1.54, 1.807) is 26.4 Å². The van der Waals surface area contributed by atoms with Crippen molar-refractivity contribution in [3.8, 4) is 11.5 Å². The Morgan fingerprint density at radius 2 is 1.85 bits per heavy atom. The summed E-state index contributed by atoms with van der Waals surface area (Å²) in [5.74, 6) is 0.798. The number of carbonyl (C=O) groups is 2. The number of hydrogen-bond donors (Lipinski definition) is 0. The van der Waals surface area contributed by atoms with Crippen LogP contribution in [0.1, 0.15) is 16.7 Å². The van der Waals surface area contributed by atoms with Crippen LogP contribution in [-0.4, -0.2) is 30.3 Å². The van der Waals surface area contributed by atoms with Crippen molar-refractivity contribution < 1.29 is 19.1 Å². The molecule has 2 amide bonds. The van der Waals surface area contributed by atoms with Gasteiger partial charge in [-0.1, -0.05) is 42.0 Å². The van der Waals surface area contributed by atoms with E-state index >= 15 is 0 Å². The fraction of sp³-hybridized carbons (Fsp3) is 0.200. The van der Waals surface area contributed by atoms with Gasteiger partial charge in [0.25, 0.3) is 11.1 Å². The molecule has 1 saturated heterocycles. The molecular formula is C20H19NO4S. The van der Waals surface area contributed by atoms with Gasteiger partial charge in [-0.3, -0.25) is 14.5 Å². The molecule has 0 N–H and O–H groups in total. The van der Waals surface area contributed by atoms with Gasteiger partial charge in [-0.15, -0.1) is 0 Å². The van der Waals surface area contributed by atoms with E-state index in [-0.39, 0.29) is 17.7 Å². The second kappa shape index (κ2) is 7.66. The molecule has 1 aliphatic heterocycles. The lowest BCUT2D eigenvalue weighted by Crippen LogP contribution is -2.27. The van der Waals surface area contributed by atoms with Gasteiger partial charge in [0, 0.05) is 5.56 Å². The number of carbonyl (C=O) groups excluding carboxylic acids is 2. The third-order valence-electron chi connectivity index (χ3n) is 4.02. The molecule has 0 radical (unpaired) electrons. The quantitative estimate of drug-likeness (QED) is 0.738. The smallest absolute Gasteiger partial charge is 0.293 e. The minimum atomic E-state index is -0.300. The van der Waals surface area contributed by atoms with Crippen molar-refractivity contribution in [1.29, 1.82) is 0 Å². The second-order valence-corrected chi connectivity index (χ2v) is 6.83. The van der Waals surface area contributed by atoms with Crippen molar-refractivity contribution in [1.82, 2.24) is 4.90 Å². The Labute approximate surface area is 156 Å². The largest absolute Gasteiger partial charge is 0.493 e. The molecule has 0 aliphatic carbocycles. The van der Waals surface area contributed by atoms with Gasteiger partial charge in [0.2, 0.25) is 0 Å². The third-order valence-corrected chi connectivity index (χ3v) is 4.92. The van der Waals surface area contributed by atoms with Crippen LogP contribution in [-0.2, 0) is 11.3 Å². The zero-order valence-corrected chi connectivity index (χ0v) is 15.6. The number of ether oxygens (including phenoxy) is 2. The predicted octanol–water partition coefficient (Wildman–Crippen LogP) is 4.25. The average Bonchev–Trinajstić information content (AvgIpc) is 2.89. The van der Waals surface area contributed by atoms with Crippen molar-refractivity contribution >= 4 is 29.0 Å². The summed E-state index contributed by atoms with van der Waals surface area (Å²) in [4.78, 5) is 26.7. The van der Waals surface area contributed by atoms with E-state index in [2.05, 4.69) is 0 Å². The summed E-state index contributed by atoms with van der Waals surface area (Å²) in [7, 11) is 3.09. The minimum Gasteiger partial charge on any atom is -0.493 e. The summed E-state index contributed by atoms with van der Waals surface area (Å²) in [6.07, 6.45) is 1.67. The van der Waals surface area contributed by atoms with Crippen LogP contribution >= 0.6 is 11.8 Å². The molecule has 1 aliphatic rings. The van der Waals surface area contributed by atoms with E-state index in [4.69, 9.17) is 9.47 Å². The number of thioether (sulfide) groups is 1. The maximum Gasteiger partial charge on any atom is 0.293 e. The van der Waals surface area contributed by atoms with Crippen LogP contribution in [0.25, 0.3) is 6.08 Å². The van der Waals surface area contributed by atoms with E-state index in [0.717, 1.165) is 22.9 Å². The predicted molar refractivity (Wildman–Crippen MR) is 102 cm³/mol. The summed E-state index contributed by atoms with van der Waals surface area (Å²) < 4.78 is 10.7. The molecule has 134 valence electrons. The number of para-hydroxylation sites is 1. The highest BCUT2D eigenvalue weighted by molar-refractivity contribution is 8.18. The standard InChI is InChI=1S/C20H19NO4S/c1-13-6-4-7-14(10-13)12-21-19(22)17(26-20(21)23)11-15-8-5-9-16(24-2)18(15)25-3/h4-11H,12H2,1-3H3/b17-11+. The van der Waals surface area contributed by atoms with Crippen LogP contribution in [0.4, 0.5) is 4.79 Å².